The zero-order valence-corrected chi connectivity index (χ0v) is 17.1. The summed E-state index contributed by atoms with van der Waals surface area (Å²) < 4.78 is 91.1. The highest BCUT2D eigenvalue weighted by Crippen LogP contribution is 3.02. The molecule has 2 N–H and O–H groups in total. The molecule has 0 unspecified atom stereocenters. The molecule has 0 saturated carbocycles. The summed E-state index contributed by atoms with van der Waals surface area (Å²) in [6.45, 7) is -0.00246. The van der Waals surface area contributed by atoms with Crippen LogP contribution in [0, 0.1) is 11.3 Å². The van der Waals surface area contributed by atoms with Gasteiger partial charge in [0.2, 0.25) is 10.0 Å². The number of nitrogen functional groups attached to an aromatic ring is 1. The van der Waals surface area contributed by atoms with Crippen molar-refractivity contribution in [3.05, 3.63) is 27.9 Å². The number of hydrogen-bond donors (Lipinski definition) is 1. The molecule has 3 rings (SSSR count). The minimum absolute atomic E-state index is 0.00246. The van der Waals surface area contributed by atoms with Gasteiger partial charge < -0.3 is 5.73 Å². The van der Waals surface area contributed by atoms with Gasteiger partial charge in [-0.15, -0.1) is 0 Å². The highest BCUT2D eigenvalue weighted by atomic mass is 35.5. The van der Waals surface area contributed by atoms with Crippen LogP contribution >= 0.6 is 33.4 Å². The number of halogens is 7. The first-order valence-electron chi connectivity index (χ1n) is 7.49. The van der Waals surface area contributed by atoms with Gasteiger partial charge in [-0.1, -0.05) is 42.6 Å². The van der Waals surface area contributed by atoms with E-state index < -0.39 is 52.4 Å². The van der Waals surface area contributed by atoms with Gasteiger partial charge in [0, 0.05) is 6.54 Å². The van der Waals surface area contributed by atoms with Gasteiger partial charge in [0.05, 0.1) is 15.8 Å². The SMILES string of the molecule is N#Cc1nn(-c2c(Cl)cc(S(F)(F)(F)(F)F)cc2Cl)c(N)c1N1CCCS1(=O)=O. The summed E-state index contributed by atoms with van der Waals surface area (Å²) in [6, 6.07) is 1.55. The molecular formula is C13H10Cl2F5N5O2S2. The maximum Gasteiger partial charge on any atom is 0.310 e. The molecule has 2 heterocycles. The third-order valence-electron chi connectivity index (χ3n) is 4.00. The highest BCUT2D eigenvalue weighted by Gasteiger charge is 2.65. The van der Waals surface area contributed by atoms with Crippen LogP contribution in [-0.2, 0) is 10.0 Å². The molecule has 0 atom stereocenters. The van der Waals surface area contributed by atoms with Gasteiger partial charge >= 0.3 is 10.2 Å². The summed E-state index contributed by atoms with van der Waals surface area (Å²) >= 11 is 11.5. The van der Waals surface area contributed by atoms with Crippen molar-refractivity contribution in [2.24, 2.45) is 0 Å². The Kier molecular flexibility index (Phi) is 4.36. The van der Waals surface area contributed by atoms with E-state index in [9.17, 15) is 33.1 Å². The minimum Gasteiger partial charge on any atom is -0.382 e. The van der Waals surface area contributed by atoms with E-state index in [1.807, 2.05) is 0 Å². The van der Waals surface area contributed by atoms with E-state index in [4.69, 9.17) is 28.9 Å². The number of rotatable bonds is 3. The number of sulfonamides is 1. The first-order chi connectivity index (χ1) is 13.0. The number of nitrogens with two attached hydrogens (primary N) is 1. The summed E-state index contributed by atoms with van der Waals surface area (Å²) in [5.41, 5.74) is 4.61. The highest BCUT2D eigenvalue weighted by molar-refractivity contribution is 8.45. The number of aromatic nitrogens is 2. The summed E-state index contributed by atoms with van der Waals surface area (Å²) in [4.78, 5) is -2.32. The topological polar surface area (TPSA) is 105 Å². The molecule has 1 fully saturated rings. The average Bonchev–Trinajstić information content (AvgIpc) is 3.03. The van der Waals surface area contributed by atoms with E-state index in [0.29, 0.717) is 4.68 Å². The first kappa shape index (κ1) is 21.8. The molecule has 0 bridgehead atoms. The van der Waals surface area contributed by atoms with Gasteiger partial charge in [-0.05, 0) is 18.6 Å². The molecule has 0 aliphatic carbocycles. The number of nitriles is 1. The smallest absolute Gasteiger partial charge is 0.310 e. The summed E-state index contributed by atoms with van der Waals surface area (Å²) in [7, 11) is -13.9. The molecule has 7 nitrogen and oxygen atoms in total. The summed E-state index contributed by atoms with van der Waals surface area (Å²) in [5, 5.41) is 11.3. The predicted molar refractivity (Wildman–Crippen MR) is 99.9 cm³/mol. The van der Waals surface area contributed by atoms with Crippen molar-refractivity contribution in [2.45, 2.75) is 11.3 Å². The molecule has 160 valence electrons. The van der Waals surface area contributed by atoms with Gasteiger partial charge in [0.1, 0.15) is 22.3 Å². The van der Waals surface area contributed by atoms with Gasteiger partial charge in [-0.2, -0.15) is 10.4 Å². The number of nitrogens with zero attached hydrogens (tertiary/aromatic N) is 4. The molecular weight excluding hydrogens is 488 g/mol. The van der Waals surface area contributed by atoms with E-state index in [1.165, 1.54) is 0 Å². The Morgan fingerprint density at radius 2 is 1.69 bits per heavy atom. The van der Waals surface area contributed by atoms with E-state index in [-0.39, 0.29) is 36.5 Å². The van der Waals surface area contributed by atoms with Gasteiger partial charge in [-0.3, -0.25) is 4.31 Å². The normalized spacial score (nSPS) is 18.9. The quantitative estimate of drug-likeness (QED) is 0.611. The van der Waals surface area contributed by atoms with Gasteiger partial charge in [0.15, 0.2) is 11.5 Å². The Labute approximate surface area is 171 Å². The van der Waals surface area contributed by atoms with Crippen molar-refractivity contribution < 1.29 is 27.8 Å². The van der Waals surface area contributed by atoms with Crippen molar-refractivity contribution >= 4 is 55.0 Å². The lowest BCUT2D eigenvalue weighted by Crippen LogP contribution is -2.26. The predicted octanol–water partition coefficient (Wildman–Crippen LogP) is 4.83. The van der Waals surface area contributed by atoms with Crippen LogP contribution in [0.15, 0.2) is 17.0 Å². The molecule has 1 aliphatic heterocycles. The van der Waals surface area contributed by atoms with Crippen molar-refractivity contribution in [3.63, 3.8) is 0 Å². The Bertz CT molecular complexity index is 1170. The maximum absolute atomic E-state index is 13.1. The molecule has 1 aromatic carbocycles. The summed E-state index contributed by atoms with van der Waals surface area (Å²) in [5.74, 6) is -0.668. The van der Waals surface area contributed by atoms with E-state index in [0.717, 1.165) is 4.31 Å². The van der Waals surface area contributed by atoms with E-state index in [2.05, 4.69) is 5.10 Å². The molecule has 16 heteroatoms. The third kappa shape index (κ3) is 3.79. The van der Waals surface area contributed by atoms with Gasteiger partial charge in [0.25, 0.3) is 0 Å². The molecule has 1 aliphatic rings. The van der Waals surface area contributed by atoms with Crippen molar-refractivity contribution in [1.29, 1.82) is 5.26 Å². The van der Waals surface area contributed by atoms with Crippen molar-refractivity contribution in [1.82, 2.24) is 9.78 Å². The van der Waals surface area contributed by atoms with Crippen LogP contribution in [0.5, 0.6) is 0 Å². The van der Waals surface area contributed by atoms with E-state index in [1.54, 1.807) is 6.07 Å². The fourth-order valence-corrected chi connectivity index (χ4v) is 5.81. The van der Waals surface area contributed by atoms with Crippen LogP contribution < -0.4 is 10.0 Å². The molecule has 29 heavy (non-hydrogen) atoms. The van der Waals surface area contributed by atoms with Crippen molar-refractivity contribution in [3.8, 4) is 11.8 Å². The maximum atomic E-state index is 13.1. The van der Waals surface area contributed by atoms with Crippen molar-refractivity contribution in [2.75, 3.05) is 22.3 Å². The first-order valence-corrected chi connectivity index (χ1v) is 11.8. The zero-order valence-electron chi connectivity index (χ0n) is 13.9. The average molecular weight is 498 g/mol. The molecule has 0 radical (unpaired) electrons. The lowest BCUT2D eigenvalue weighted by Gasteiger charge is -2.40. The second-order valence-electron chi connectivity index (χ2n) is 6.05. The molecule has 0 spiro atoms. The van der Waals surface area contributed by atoms with Crippen LogP contribution in [0.3, 0.4) is 0 Å². The zero-order chi connectivity index (χ0) is 22.1. The van der Waals surface area contributed by atoms with Crippen LogP contribution in [0.1, 0.15) is 12.1 Å². The molecule has 1 aromatic heterocycles. The fourth-order valence-electron chi connectivity index (χ4n) is 2.77. The number of anilines is 2. The Morgan fingerprint density at radius 3 is 2.10 bits per heavy atom. The minimum atomic E-state index is -10.1. The fraction of sp³-hybridized carbons (Fsp3) is 0.231. The molecule has 0 amide bonds. The van der Waals surface area contributed by atoms with E-state index >= 15 is 0 Å². The van der Waals surface area contributed by atoms with Gasteiger partial charge in [-0.25, -0.2) is 13.1 Å². The largest absolute Gasteiger partial charge is 0.382 e. The standard InChI is InChI=1S/C13H10Cl2F5N5O2S2/c14-8-4-7(29(16,17,18,19)20)5-9(15)11(8)25-13(22)12(10(6-21)23-25)24-2-1-3-28(24,26)27/h4-5H,1-3,22H2. The molecule has 1 saturated heterocycles. The van der Waals surface area contributed by atoms with Crippen LogP contribution in [-0.4, -0.2) is 30.5 Å². The van der Waals surface area contributed by atoms with Crippen LogP contribution in [0.25, 0.3) is 5.69 Å². The molecule has 2 aromatic rings. The second kappa shape index (κ2) is 5.81. The second-order valence-corrected chi connectivity index (χ2v) is 11.3. The lowest BCUT2D eigenvalue weighted by molar-refractivity contribution is 0.364. The Hall–Kier alpha value is -1.95. The van der Waals surface area contributed by atoms with Crippen LogP contribution in [0.4, 0.5) is 30.9 Å². The number of benzene rings is 1. The monoisotopic (exact) mass is 497 g/mol. The summed E-state index contributed by atoms with van der Waals surface area (Å²) in [6.07, 6.45) is 0.248. The Balaban J connectivity index is 2.26. The Morgan fingerprint density at radius 1 is 1.14 bits per heavy atom. The number of hydrogen-bond acceptors (Lipinski definition) is 5. The third-order valence-corrected chi connectivity index (χ3v) is 7.54. The van der Waals surface area contributed by atoms with Crippen LogP contribution in [0.2, 0.25) is 10.0 Å². The lowest BCUT2D eigenvalue weighted by atomic mass is 10.3.